The zero-order valence-corrected chi connectivity index (χ0v) is 12.7. The van der Waals surface area contributed by atoms with Crippen molar-refractivity contribution in [3.63, 3.8) is 0 Å². The van der Waals surface area contributed by atoms with Gasteiger partial charge in [-0.05, 0) is 39.8 Å². The summed E-state index contributed by atoms with van der Waals surface area (Å²) in [6.07, 6.45) is 0.541. The van der Waals surface area contributed by atoms with Crippen LogP contribution in [0.5, 0.6) is 5.75 Å². The number of ether oxygens (including phenoxy) is 2. The predicted molar refractivity (Wildman–Crippen MR) is 77.9 cm³/mol. The minimum atomic E-state index is -0.462. The van der Waals surface area contributed by atoms with Crippen molar-refractivity contribution in [1.82, 2.24) is 4.90 Å². The predicted octanol–water partition coefficient (Wildman–Crippen LogP) is 3.46. The summed E-state index contributed by atoms with van der Waals surface area (Å²) in [4.78, 5) is 13.8. The van der Waals surface area contributed by atoms with Gasteiger partial charge >= 0.3 is 6.09 Å². The second-order valence-corrected chi connectivity index (χ2v) is 6.52. The molecule has 4 nitrogen and oxygen atoms in total. The molecule has 1 saturated heterocycles. The van der Waals surface area contributed by atoms with Gasteiger partial charge in [-0.15, -0.1) is 0 Å². The Morgan fingerprint density at radius 1 is 1.25 bits per heavy atom. The Bertz CT molecular complexity index is 466. The van der Waals surface area contributed by atoms with Gasteiger partial charge in [-0.3, -0.25) is 0 Å². The molecule has 1 aromatic rings. The highest BCUT2D eigenvalue weighted by molar-refractivity contribution is 5.68. The van der Waals surface area contributed by atoms with Crippen LogP contribution in [-0.4, -0.2) is 35.3 Å². The van der Waals surface area contributed by atoms with E-state index >= 15 is 0 Å². The lowest BCUT2D eigenvalue weighted by Gasteiger charge is -2.28. The maximum absolute atomic E-state index is 12.0. The first-order valence-electron chi connectivity index (χ1n) is 6.99. The fourth-order valence-corrected chi connectivity index (χ4v) is 2.27. The van der Waals surface area contributed by atoms with Crippen LogP contribution in [0, 0.1) is 0 Å². The highest BCUT2D eigenvalue weighted by Gasteiger charge is 2.39. The van der Waals surface area contributed by atoms with Gasteiger partial charge < -0.3 is 14.4 Å². The SMILES string of the molecule is CC(C)(C)OC(=O)N1CCC(C)(Oc2ccccc2)C1. The number of carbonyl (C=O) groups excluding carboxylic acids is 1. The summed E-state index contributed by atoms with van der Waals surface area (Å²) < 4.78 is 11.4. The third-order valence-corrected chi connectivity index (χ3v) is 3.20. The normalized spacial score (nSPS) is 22.7. The maximum atomic E-state index is 12.0. The van der Waals surface area contributed by atoms with Crippen LogP contribution >= 0.6 is 0 Å². The lowest BCUT2D eigenvalue weighted by molar-refractivity contribution is 0.0229. The molecule has 1 aromatic carbocycles. The number of nitrogens with zero attached hydrogens (tertiary/aromatic N) is 1. The van der Waals surface area contributed by atoms with Crippen LogP contribution < -0.4 is 4.74 Å². The minimum absolute atomic E-state index is 0.266. The first-order valence-corrected chi connectivity index (χ1v) is 6.99. The van der Waals surface area contributed by atoms with Gasteiger partial charge in [0.2, 0.25) is 0 Å². The molecule has 0 saturated carbocycles. The number of carbonyl (C=O) groups is 1. The van der Waals surface area contributed by atoms with Crippen molar-refractivity contribution >= 4 is 6.09 Å². The van der Waals surface area contributed by atoms with Crippen LogP contribution in [0.25, 0.3) is 0 Å². The molecule has 4 heteroatoms. The smallest absolute Gasteiger partial charge is 0.410 e. The monoisotopic (exact) mass is 277 g/mol. The Kier molecular flexibility index (Phi) is 3.93. The van der Waals surface area contributed by atoms with E-state index in [0.717, 1.165) is 12.2 Å². The zero-order chi connectivity index (χ0) is 14.8. The molecule has 1 atom stereocenters. The number of rotatable bonds is 2. The van der Waals surface area contributed by atoms with Crippen molar-refractivity contribution in [2.75, 3.05) is 13.1 Å². The van der Waals surface area contributed by atoms with Crippen LogP contribution in [0.15, 0.2) is 30.3 Å². The summed E-state index contributed by atoms with van der Waals surface area (Å²) in [6.45, 7) is 8.88. The van der Waals surface area contributed by atoms with Crippen molar-refractivity contribution in [1.29, 1.82) is 0 Å². The number of hydrogen-bond acceptors (Lipinski definition) is 3. The Labute approximate surface area is 120 Å². The summed E-state index contributed by atoms with van der Waals surface area (Å²) in [5.41, 5.74) is -0.811. The lowest BCUT2D eigenvalue weighted by atomic mass is 10.1. The summed E-state index contributed by atoms with van der Waals surface area (Å²) in [7, 11) is 0. The highest BCUT2D eigenvalue weighted by atomic mass is 16.6. The molecule has 0 radical (unpaired) electrons. The van der Waals surface area contributed by atoms with E-state index in [1.54, 1.807) is 4.90 Å². The van der Waals surface area contributed by atoms with Crippen molar-refractivity contribution in [3.05, 3.63) is 30.3 Å². The third-order valence-electron chi connectivity index (χ3n) is 3.20. The second kappa shape index (κ2) is 5.35. The van der Waals surface area contributed by atoms with Gasteiger partial charge in [-0.25, -0.2) is 4.79 Å². The highest BCUT2D eigenvalue weighted by Crippen LogP contribution is 2.28. The molecular weight excluding hydrogens is 254 g/mol. The Morgan fingerprint density at radius 3 is 2.50 bits per heavy atom. The Morgan fingerprint density at radius 2 is 1.90 bits per heavy atom. The second-order valence-electron chi connectivity index (χ2n) is 6.52. The molecule has 1 aliphatic rings. The molecule has 1 fully saturated rings. The first-order chi connectivity index (χ1) is 9.27. The summed E-state index contributed by atoms with van der Waals surface area (Å²) in [5.74, 6) is 0.834. The van der Waals surface area contributed by atoms with Gasteiger partial charge in [-0.2, -0.15) is 0 Å². The van der Waals surface area contributed by atoms with E-state index in [9.17, 15) is 4.79 Å². The van der Waals surface area contributed by atoms with Gasteiger partial charge in [0.1, 0.15) is 17.0 Å². The largest absolute Gasteiger partial charge is 0.486 e. The van der Waals surface area contributed by atoms with Gasteiger partial charge in [0.05, 0.1) is 6.54 Å². The van der Waals surface area contributed by atoms with E-state index in [0.29, 0.717) is 13.1 Å². The van der Waals surface area contributed by atoms with E-state index in [1.165, 1.54) is 0 Å². The fourth-order valence-electron chi connectivity index (χ4n) is 2.27. The van der Waals surface area contributed by atoms with Crippen molar-refractivity contribution < 1.29 is 14.3 Å². The van der Waals surface area contributed by atoms with Gasteiger partial charge in [0.15, 0.2) is 0 Å². The summed E-state index contributed by atoms with van der Waals surface area (Å²) in [5, 5.41) is 0. The molecule has 0 spiro atoms. The van der Waals surface area contributed by atoms with E-state index in [2.05, 4.69) is 0 Å². The van der Waals surface area contributed by atoms with Crippen LogP contribution in [0.4, 0.5) is 4.79 Å². The quantitative estimate of drug-likeness (QED) is 0.831. The van der Waals surface area contributed by atoms with Crippen LogP contribution in [0.1, 0.15) is 34.1 Å². The molecule has 0 aliphatic carbocycles. The molecule has 0 aromatic heterocycles. The summed E-state index contributed by atoms with van der Waals surface area (Å²) in [6, 6.07) is 9.71. The number of hydrogen-bond donors (Lipinski definition) is 0. The topological polar surface area (TPSA) is 38.8 Å². The number of benzene rings is 1. The van der Waals surface area contributed by atoms with Gasteiger partial charge in [0.25, 0.3) is 0 Å². The fraction of sp³-hybridized carbons (Fsp3) is 0.562. The average Bonchev–Trinajstić information content (AvgIpc) is 2.71. The number of likely N-dealkylation sites (tertiary alicyclic amines) is 1. The molecular formula is C16H23NO3. The van der Waals surface area contributed by atoms with Crippen molar-refractivity contribution in [2.45, 2.75) is 45.3 Å². The molecule has 1 heterocycles. The van der Waals surface area contributed by atoms with E-state index in [-0.39, 0.29) is 11.7 Å². The zero-order valence-electron chi connectivity index (χ0n) is 12.7. The van der Waals surface area contributed by atoms with Crippen molar-refractivity contribution in [2.24, 2.45) is 0 Å². The molecule has 0 bridgehead atoms. The Hall–Kier alpha value is -1.71. The lowest BCUT2D eigenvalue weighted by Crippen LogP contribution is -2.40. The maximum Gasteiger partial charge on any atom is 0.410 e. The van der Waals surface area contributed by atoms with E-state index in [4.69, 9.17) is 9.47 Å². The van der Waals surface area contributed by atoms with Crippen molar-refractivity contribution in [3.8, 4) is 5.75 Å². The van der Waals surface area contributed by atoms with Gasteiger partial charge in [-0.1, -0.05) is 18.2 Å². The molecule has 110 valence electrons. The molecule has 1 unspecified atom stereocenters. The molecule has 0 N–H and O–H groups in total. The first kappa shape index (κ1) is 14.7. The van der Waals surface area contributed by atoms with Gasteiger partial charge in [0, 0.05) is 13.0 Å². The average molecular weight is 277 g/mol. The number of amides is 1. The molecule has 2 rings (SSSR count). The van der Waals surface area contributed by atoms with Crippen LogP contribution in [-0.2, 0) is 4.74 Å². The molecule has 20 heavy (non-hydrogen) atoms. The molecule has 1 aliphatic heterocycles. The van der Waals surface area contributed by atoms with Crippen LogP contribution in [0.3, 0.4) is 0 Å². The third kappa shape index (κ3) is 3.89. The van der Waals surface area contributed by atoms with E-state index < -0.39 is 5.60 Å². The van der Waals surface area contributed by atoms with E-state index in [1.807, 2.05) is 58.0 Å². The number of para-hydroxylation sites is 1. The van der Waals surface area contributed by atoms with Crippen LogP contribution in [0.2, 0.25) is 0 Å². The minimum Gasteiger partial charge on any atom is -0.486 e. The summed E-state index contributed by atoms with van der Waals surface area (Å²) >= 11 is 0. The Balaban J connectivity index is 1.95. The molecule has 1 amide bonds. The standard InChI is InChI=1S/C16H23NO3/c1-15(2,3)20-14(18)17-11-10-16(4,12-17)19-13-8-6-5-7-9-13/h5-9H,10-12H2,1-4H3.